The van der Waals surface area contributed by atoms with E-state index >= 15 is 0 Å². The Kier molecular flexibility index (Phi) is 4.08. The molecular formula is C12H14BrFN4. The SMILES string of the molecule is CCNC(c1ncccc1F)c1c(Br)cnn1C. The molecule has 6 heteroatoms. The zero-order valence-electron chi connectivity index (χ0n) is 10.2. The molecule has 0 amide bonds. The molecule has 1 atom stereocenters. The normalized spacial score (nSPS) is 12.7. The predicted molar refractivity (Wildman–Crippen MR) is 70.6 cm³/mol. The molecule has 0 saturated heterocycles. The zero-order valence-corrected chi connectivity index (χ0v) is 11.8. The molecule has 0 spiro atoms. The Morgan fingerprint density at radius 3 is 2.89 bits per heavy atom. The molecule has 0 radical (unpaired) electrons. The minimum Gasteiger partial charge on any atom is -0.304 e. The van der Waals surface area contributed by atoms with Crippen LogP contribution in [0.25, 0.3) is 0 Å². The summed E-state index contributed by atoms with van der Waals surface area (Å²) in [5.41, 5.74) is 1.23. The van der Waals surface area contributed by atoms with E-state index in [1.165, 1.54) is 6.07 Å². The predicted octanol–water partition coefficient (Wildman–Crippen LogP) is 2.42. The highest BCUT2D eigenvalue weighted by molar-refractivity contribution is 9.10. The molecule has 2 heterocycles. The van der Waals surface area contributed by atoms with Crippen molar-refractivity contribution in [1.29, 1.82) is 0 Å². The maximum atomic E-state index is 13.9. The highest BCUT2D eigenvalue weighted by Crippen LogP contribution is 2.28. The third kappa shape index (κ3) is 2.44. The average molecular weight is 313 g/mol. The van der Waals surface area contributed by atoms with Gasteiger partial charge in [-0.1, -0.05) is 6.92 Å². The van der Waals surface area contributed by atoms with Crippen LogP contribution in [-0.4, -0.2) is 21.3 Å². The van der Waals surface area contributed by atoms with Gasteiger partial charge in [0.25, 0.3) is 0 Å². The van der Waals surface area contributed by atoms with Gasteiger partial charge in [0, 0.05) is 13.2 Å². The van der Waals surface area contributed by atoms with E-state index in [0.29, 0.717) is 12.2 Å². The van der Waals surface area contributed by atoms with E-state index in [9.17, 15) is 4.39 Å². The lowest BCUT2D eigenvalue weighted by Gasteiger charge is -2.18. The standard InChI is InChI=1S/C12H14BrFN4/c1-3-15-11(10-9(14)5-4-6-16-10)12-8(13)7-17-18(12)2/h4-7,11,15H,3H2,1-2H3. The summed E-state index contributed by atoms with van der Waals surface area (Å²) in [4.78, 5) is 4.14. The summed E-state index contributed by atoms with van der Waals surface area (Å²) in [5.74, 6) is -0.323. The first-order chi connectivity index (χ1) is 8.65. The fourth-order valence-corrected chi connectivity index (χ4v) is 2.46. The van der Waals surface area contributed by atoms with Gasteiger partial charge < -0.3 is 5.32 Å². The monoisotopic (exact) mass is 312 g/mol. The van der Waals surface area contributed by atoms with Crippen LogP contribution >= 0.6 is 15.9 Å². The van der Waals surface area contributed by atoms with E-state index in [0.717, 1.165) is 10.2 Å². The number of halogens is 2. The van der Waals surface area contributed by atoms with Crippen LogP contribution in [0, 0.1) is 5.82 Å². The quantitative estimate of drug-likeness (QED) is 0.943. The van der Waals surface area contributed by atoms with Crippen LogP contribution in [0.3, 0.4) is 0 Å². The van der Waals surface area contributed by atoms with Gasteiger partial charge in [0.2, 0.25) is 0 Å². The number of pyridine rings is 1. The number of rotatable bonds is 4. The number of nitrogens with zero attached hydrogens (tertiary/aromatic N) is 3. The number of nitrogens with one attached hydrogen (secondary N) is 1. The van der Waals surface area contributed by atoms with Gasteiger partial charge in [-0.15, -0.1) is 0 Å². The second kappa shape index (κ2) is 5.58. The number of hydrogen-bond acceptors (Lipinski definition) is 3. The Morgan fingerprint density at radius 1 is 1.56 bits per heavy atom. The fourth-order valence-electron chi connectivity index (χ4n) is 1.88. The third-order valence-corrected chi connectivity index (χ3v) is 3.29. The van der Waals surface area contributed by atoms with Crippen molar-refractivity contribution in [3.05, 3.63) is 46.2 Å². The molecule has 2 aromatic heterocycles. The second-order valence-corrected chi connectivity index (χ2v) is 4.72. The molecular weight excluding hydrogens is 299 g/mol. The third-order valence-electron chi connectivity index (χ3n) is 2.68. The lowest BCUT2D eigenvalue weighted by Crippen LogP contribution is -2.26. The molecule has 0 aliphatic carbocycles. The van der Waals surface area contributed by atoms with Crippen LogP contribution in [0.1, 0.15) is 24.4 Å². The van der Waals surface area contributed by atoms with Crippen molar-refractivity contribution in [2.45, 2.75) is 13.0 Å². The van der Waals surface area contributed by atoms with Crippen LogP contribution in [-0.2, 0) is 7.05 Å². The molecule has 0 aliphatic rings. The van der Waals surface area contributed by atoms with E-state index in [1.807, 2.05) is 14.0 Å². The zero-order chi connectivity index (χ0) is 13.1. The van der Waals surface area contributed by atoms with Crippen LogP contribution in [0.2, 0.25) is 0 Å². The Balaban J connectivity index is 2.50. The minimum absolute atomic E-state index is 0.321. The average Bonchev–Trinajstić information content (AvgIpc) is 2.68. The second-order valence-electron chi connectivity index (χ2n) is 3.86. The minimum atomic E-state index is -0.323. The molecule has 18 heavy (non-hydrogen) atoms. The van der Waals surface area contributed by atoms with Gasteiger partial charge >= 0.3 is 0 Å². The van der Waals surface area contributed by atoms with E-state index < -0.39 is 0 Å². The van der Waals surface area contributed by atoms with Crippen molar-refractivity contribution < 1.29 is 4.39 Å². The smallest absolute Gasteiger partial charge is 0.146 e. The van der Waals surface area contributed by atoms with Crippen molar-refractivity contribution in [3.8, 4) is 0 Å². The van der Waals surface area contributed by atoms with Crippen LogP contribution in [0.5, 0.6) is 0 Å². The molecule has 2 rings (SSSR count). The van der Waals surface area contributed by atoms with Crippen molar-refractivity contribution in [1.82, 2.24) is 20.1 Å². The lowest BCUT2D eigenvalue weighted by atomic mass is 10.1. The molecule has 1 unspecified atom stereocenters. The van der Waals surface area contributed by atoms with Crippen molar-refractivity contribution in [2.24, 2.45) is 7.05 Å². The van der Waals surface area contributed by atoms with E-state index in [4.69, 9.17) is 0 Å². The van der Waals surface area contributed by atoms with Crippen molar-refractivity contribution in [3.63, 3.8) is 0 Å². The van der Waals surface area contributed by atoms with Gasteiger partial charge in [-0.2, -0.15) is 5.10 Å². The van der Waals surface area contributed by atoms with E-state index in [2.05, 4.69) is 31.3 Å². The van der Waals surface area contributed by atoms with Crippen LogP contribution in [0.4, 0.5) is 4.39 Å². The summed E-state index contributed by atoms with van der Waals surface area (Å²) in [6, 6.07) is 2.68. The van der Waals surface area contributed by atoms with Gasteiger partial charge in [0.1, 0.15) is 5.82 Å². The topological polar surface area (TPSA) is 42.7 Å². The molecule has 2 aromatic rings. The first kappa shape index (κ1) is 13.2. The molecule has 0 saturated carbocycles. The lowest BCUT2D eigenvalue weighted by molar-refractivity contribution is 0.516. The van der Waals surface area contributed by atoms with Crippen molar-refractivity contribution in [2.75, 3.05) is 6.54 Å². The summed E-state index contributed by atoms with van der Waals surface area (Å²) >= 11 is 3.44. The van der Waals surface area contributed by atoms with Crippen LogP contribution < -0.4 is 5.32 Å². The summed E-state index contributed by atoms with van der Waals surface area (Å²) in [6.07, 6.45) is 3.29. The molecule has 0 fully saturated rings. The van der Waals surface area contributed by atoms with Crippen molar-refractivity contribution >= 4 is 15.9 Å². The molecule has 96 valence electrons. The fraction of sp³-hybridized carbons (Fsp3) is 0.333. The molecule has 0 bridgehead atoms. The highest BCUT2D eigenvalue weighted by atomic mass is 79.9. The van der Waals surface area contributed by atoms with Gasteiger partial charge in [-0.05, 0) is 34.6 Å². The first-order valence-electron chi connectivity index (χ1n) is 5.66. The summed E-state index contributed by atoms with van der Waals surface area (Å²) in [7, 11) is 1.82. The Bertz CT molecular complexity index is 521. The van der Waals surface area contributed by atoms with Gasteiger partial charge in [-0.3, -0.25) is 9.67 Å². The Hall–Kier alpha value is -1.27. The molecule has 0 aliphatic heterocycles. The molecule has 4 nitrogen and oxygen atoms in total. The first-order valence-corrected chi connectivity index (χ1v) is 6.45. The number of hydrogen-bond donors (Lipinski definition) is 1. The number of aromatic nitrogens is 3. The van der Waals surface area contributed by atoms with Crippen LogP contribution in [0.15, 0.2) is 29.0 Å². The molecule has 0 aromatic carbocycles. The summed E-state index contributed by atoms with van der Waals surface area (Å²) in [6.45, 7) is 2.68. The summed E-state index contributed by atoms with van der Waals surface area (Å²) in [5, 5.41) is 7.38. The highest BCUT2D eigenvalue weighted by Gasteiger charge is 2.23. The van der Waals surface area contributed by atoms with Gasteiger partial charge in [0.05, 0.1) is 28.1 Å². The Labute approximate surface area is 113 Å². The van der Waals surface area contributed by atoms with Gasteiger partial charge in [-0.25, -0.2) is 4.39 Å². The summed E-state index contributed by atoms with van der Waals surface area (Å²) < 4.78 is 16.4. The number of aryl methyl sites for hydroxylation is 1. The Morgan fingerprint density at radius 2 is 2.33 bits per heavy atom. The maximum Gasteiger partial charge on any atom is 0.146 e. The largest absolute Gasteiger partial charge is 0.304 e. The van der Waals surface area contributed by atoms with E-state index in [1.54, 1.807) is 23.1 Å². The molecule has 1 N–H and O–H groups in total. The maximum absolute atomic E-state index is 13.9. The van der Waals surface area contributed by atoms with Gasteiger partial charge in [0.15, 0.2) is 0 Å². The van der Waals surface area contributed by atoms with E-state index in [-0.39, 0.29) is 11.9 Å².